The lowest BCUT2D eigenvalue weighted by atomic mass is 10.0. The molecular weight excluding hydrogens is 248 g/mol. The average molecular weight is 258 g/mol. The van der Waals surface area contributed by atoms with Crippen LogP contribution in [-0.2, 0) is 0 Å². The SMILES string of the molecule is O=C(O)c1ccccc1C(=O)C=Cc1cccs1. The van der Waals surface area contributed by atoms with Crippen molar-refractivity contribution in [3.63, 3.8) is 0 Å². The molecule has 0 amide bonds. The lowest BCUT2D eigenvalue weighted by Crippen LogP contribution is -2.06. The van der Waals surface area contributed by atoms with Crippen molar-refractivity contribution in [1.82, 2.24) is 0 Å². The maximum atomic E-state index is 11.9. The van der Waals surface area contributed by atoms with Crippen LogP contribution in [0.1, 0.15) is 25.6 Å². The Hall–Kier alpha value is -2.20. The highest BCUT2D eigenvalue weighted by Crippen LogP contribution is 2.14. The molecule has 0 aliphatic rings. The summed E-state index contributed by atoms with van der Waals surface area (Å²) in [4.78, 5) is 23.9. The lowest BCUT2D eigenvalue weighted by Gasteiger charge is -2.00. The van der Waals surface area contributed by atoms with E-state index in [1.165, 1.54) is 29.5 Å². The molecule has 0 radical (unpaired) electrons. The van der Waals surface area contributed by atoms with E-state index in [-0.39, 0.29) is 16.9 Å². The van der Waals surface area contributed by atoms with Crippen LogP contribution in [0.3, 0.4) is 0 Å². The Kier molecular flexibility index (Phi) is 3.69. The molecule has 3 nitrogen and oxygen atoms in total. The van der Waals surface area contributed by atoms with Crippen LogP contribution in [0.4, 0.5) is 0 Å². The van der Waals surface area contributed by atoms with Crippen LogP contribution in [0.2, 0.25) is 0 Å². The van der Waals surface area contributed by atoms with Crippen molar-refractivity contribution < 1.29 is 14.7 Å². The molecule has 1 aromatic carbocycles. The van der Waals surface area contributed by atoms with Gasteiger partial charge in [-0.05, 0) is 29.7 Å². The quantitative estimate of drug-likeness (QED) is 0.676. The number of hydrogen-bond donors (Lipinski definition) is 1. The van der Waals surface area contributed by atoms with E-state index < -0.39 is 5.97 Å². The van der Waals surface area contributed by atoms with E-state index in [0.29, 0.717) is 0 Å². The molecule has 2 rings (SSSR count). The molecule has 0 aliphatic carbocycles. The zero-order valence-corrected chi connectivity index (χ0v) is 10.2. The summed E-state index contributed by atoms with van der Waals surface area (Å²) in [5.74, 6) is -1.40. The van der Waals surface area contributed by atoms with Gasteiger partial charge < -0.3 is 5.11 Å². The average Bonchev–Trinajstić information content (AvgIpc) is 2.89. The predicted molar refractivity (Wildman–Crippen MR) is 71.1 cm³/mol. The maximum Gasteiger partial charge on any atom is 0.336 e. The molecule has 0 fully saturated rings. The molecule has 0 atom stereocenters. The van der Waals surface area contributed by atoms with E-state index in [1.54, 1.807) is 18.2 Å². The first-order valence-electron chi connectivity index (χ1n) is 5.27. The van der Waals surface area contributed by atoms with Gasteiger partial charge in [0.25, 0.3) is 0 Å². The first-order chi connectivity index (χ1) is 8.68. The third-order valence-corrected chi connectivity index (χ3v) is 3.20. The number of carbonyl (C=O) groups is 2. The Bertz CT molecular complexity index is 597. The van der Waals surface area contributed by atoms with Crippen LogP contribution in [0.5, 0.6) is 0 Å². The molecular formula is C14H10O3S. The number of benzene rings is 1. The summed E-state index contributed by atoms with van der Waals surface area (Å²) in [5, 5.41) is 10.9. The monoisotopic (exact) mass is 258 g/mol. The van der Waals surface area contributed by atoms with Gasteiger partial charge in [-0.1, -0.05) is 24.3 Å². The number of carbonyl (C=O) groups excluding carboxylic acids is 1. The van der Waals surface area contributed by atoms with Gasteiger partial charge in [0.1, 0.15) is 0 Å². The largest absolute Gasteiger partial charge is 0.478 e. The van der Waals surface area contributed by atoms with Gasteiger partial charge in [0.2, 0.25) is 0 Å². The van der Waals surface area contributed by atoms with E-state index in [2.05, 4.69) is 0 Å². The first kappa shape index (κ1) is 12.3. The zero-order chi connectivity index (χ0) is 13.0. The van der Waals surface area contributed by atoms with E-state index in [0.717, 1.165) is 4.88 Å². The second-order valence-electron chi connectivity index (χ2n) is 3.56. The molecule has 4 heteroatoms. The normalized spacial score (nSPS) is 10.7. The van der Waals surface area contributed by atoms with Gasteiger partial charge in [-0.15, -0.1) is 11.3 Å². The lowest BCUT2D eigenvalue weighted by molar-refractivity contribution is 0.0693. The Morgan fingerprint density at radius 1 is 1.06 bits per heavy atom. The number of hydrogen-bond acceptors (Lipinski definition) is 3. The molecule has 0 spiro atoms. The molecule has 90 valence electrons. The topological polar surface area (TPSA) is 54.4 Å². The molecule has 1 N–H and O–H groups in total. The molecule has 0 unspecified atom stereocenters. The van der Waals surface area contributed by atoms with Gasteiger partial charge in [-0.2, -0.15) is 0 Å². The second kappa shape index (κ2) is 5.42. The van der Waals surface area contributed by atoms with Gasteiger partial charge >= 0.3 is 5.97 Å². The zero-order valence-electron chi connectivity index (χ0n) is 9.37. The van der Waals surface area contributed by atoms with Crippen LogP contribution in [0.25, 0.3) is 6.08 Å². The Morgan fingerprint density at radius 2 is 1.78 bits per heavy atom. The predicted octanol–water partition coefficient (Wildman–Crippen LogP) is 3.34. The highest BCUT2D eigenvalue weighted by Gasteiger charge is 2.13. The summed E-state index contributed by atoms with van der Waals surface area (Å²) in [6, 6.07) is 9.97. The molecule has 2 aromatic rings. The minimum Gasteiger partial charge on any atom is -0.478 e. The summed E-state index contributed by atoms with van der Waals surface area (Å²) >= 11 is 1.52. The van der Waals surface area contributed by atoms with Crippen molar-refractivity contribution in [3.05, 3.63) is 63.9 Å². The van der Waals surface area contributed by atoms with Crippen molar-refractivity contribution >= 4 is 29.2 Å². The fourth-order valence-corrected chi connectivity index (χ4v) is 2.14. The Balaban J connectivity index is 2.27. The molecule has 0 saturated carbocycles. The van der Waals surface area contributed by atoms with Gasteiger partial charge in [0.15, 0.2) is 5.78 Å². The third kappa shape index (κ3) is 2.73. The van der Waals surface area contributed by atoms with Crippen LogP contribution >= 0.6 is 11.3 Å². The number of rotatable bonds is 4. The number of ketones is 1. The number of carboxylic acid groups (broad SMARTS) is 1. The van der Waals surface area contributed by atoms with Crippen LogP contribution in [0.15, 0.2) is 47.9 Å². The van der Waals surface area contributed by atoms with Crippen molar-refractivity contribution in [3.8, 4) is 0 Å². The van der Waals surface area contributed by atoms with Crippen LogP contribution in [0, 0.1) is 0 Å². The van der Waals surface area contributed by atoms with Crippen molar-refractivity contribution in [2.45, 2.75) is 0 Å². The summed E-state index contributed by atoms with van der Waals surface area (Å²) < 4.78 is 0. The molecule has 0 saturated heterocycles. The summed E-state index contributed by atoms with van der Waals surface area (Å²) in [6.07, 6.45) is 3.08. The number of aromatic carboxylic acids is 1. The van der Waals surface area contributed by atoms with Gasteiger partial charge in [-0.25, -0.2) is 4.79 Å². The minimum absolute atomic E-state index is 0.0262. The standard InChI is InChI=1S/C14H10O3S/c15-13(8-7-10-4-3-9-18-10)11-5-1-2-6-12(11)14(16)17/h1-9H,(H,16,17). The Labute approximate surface area is 108 Å². The highest BCUT2D eigenvalue weighted by atomic mass is 32.1. The number of thiophene rings is 1. The number of allylic oxidation sites excluding steroid dienone is 1. The third-order valence-electron chi connectivity index (χ3n) is 2.37. The van der Waals surface area contributed by atoms with E-state index in [9.17, 15) is 9.59 Å². The van der Waals surface area contributed by atoms with Crippen molar-refractivity contribution in [1.29, 1.82) is 0 Å². The van der Waals surface area contributed by atoms with Crippen molar-refractivity contribution in [2.75, 3.05) is 0 Å². The summed E-state index contributed by atoms with van der Waals surface area (Å²) in [5.41, 5.74) is 0.233. The van der Waals surface area contributed by atoms with Gasteiger partial charge in [-0.3, -0.25) is 4.79 Å². The first-order valence-corrected chi connectivity index (χ1v) is 6.14. The molecule has 1 heterocycles. The molecule has 0 bridgehead atoms. The molecule has 0 aliphatic heterocycles. The summed E-state index contributed by atoms with van der Waals surface area (Å²) in [7, 11) is 0. The smallest absolute Gasteiger partial charge is 0.336 e. The maximum absolute atomic E-state index is 11.9. The molecule has 1 aromatic heterocycles. The van der Waals surface area contributed by atoms with Gasteiger partial charge in [0.05, 0.1) is 5.56 Å². The highest BCUT2D eigenvalue weighted by molar-refractivity contribution is 7.10. The van der Waals surface area contributed by atoms with Crippen LogP contribution < -0.4 is 0 Å². The van der Waals surface area contributed by atoms with E-state index in [4.69, 9.17) is 5.11 Å². The fourth-order valence-electron chi connectivity index (χ4n) is 1.52. The molecule has 18 heavy (non-hydrogen) atoms. The van der Waals surface area contributed by atoms with E-state index in [1.807, 2.05) is 17.5 Å². The number of carboxylic acids is 1. The second-order valence-corrected chi connectivity index (χ2v) is 4.54. The Morgan fingerprint density at radius 3 is 2.39 bits per heavy atom. The minimum atomic E-state index is -1.09. The van der Waals surface area contributed by atoms with Gasteiger partial charge in [0, 0.05) is 10.4 Å². The fraction of sp³-hybridized carbons (Fsp3) is 0. The van der Waals surface area contributed by atoms with Crippen molar-refractivity contribution in [2.24, 2.45) is 0 Å². The van der Waals surface area contributed by atoms with Crippen LogP contribution in [-0.4, -0.2) is 16.9 Å². The summed E-state index contributed by atoms with van der Waals surface area (Å²) in [6.45, 7) is 0. The van der Waals surface area contributed by atoms with E-state index >= 15 is 0 Å².